The maximum absolute atomic E-state index is 14.5. The molecular formula is C33H33F4N5O2. The molecule has 2 aromatic carbocycles. The number of benzene rings is 2. The van der Waals surface area contributed by atoms with E-state index in [9.17, 15) is 27.2 Å². The SMILES string of the molecule is CCN1CCN(Cc2ccc(NC(=O)c3ccc(C)c(C#Cc4cnc(NC(=O)C5CC5)c(F)c4)c3)cc2C(F)(F)F)CC1. The highest BCUT2D eigenvalue weighted by Gasteiger charge is 2.34. The number of hydrogen-bond donors (Lipinski definition) is 2. The highest BCUT2D eigenvalue weighted by Crippen LogP contribution is 2.35. The van der Waals surface area contributed by atoms with Crippen LogP contribution in [0.15, 0.2) is 48.7 Å². The number of carbonyl (C=O) groups excluding carboxylic acids is 2. The zero-order chi connectivity index (χ0) is 31.4. The van der Waals surface area contributed by atoms with Gasteiger partial charge in [0.1, 0.15) is 0 Å². The molecule has 0 spiro atoms. The minimum atomic E-state index is -4.58. The van der Waals surface area contributed by atoms with E-state index in [1.54, 1.807) is 19.1 Å². The van der Waals surface area contributed by atoms with Crippen molar-refractivity contribution in [1.82, 2.24) is 14.8 Å². The fraction of sp³-hybridized carbons (Fsp3) is 0.364. The van der Waals surface area contributed by atoms with Crippen LogP contribution in [-0.2, 0) is 17.5 Å². The number of anilines is 2. The smallest absolute Gasteiger partial charge is 0.322 e. The van der Waals surface area contributed by atoms with Crippen LogP contribution in [0.3, 0.4) is 0 Å². The van der Waals surface area contributed by atoms with Crippen molar-refractivity contribution in [3.63, 3.8) is 0 Å². The molecule has 5 rings (SSSR count). The Hall–Kier alpha value is -4.27. The quantitative estimate of drug-likeness (QED) is 0.267. The summed E-state index contributed by atoms with van der Waals surface area (Å²) >= 11 is 0. The minimum Gasteiger partial charge on any atom is -0.322 e. The molecule has 1 aromatic heterocycles. The Morgan fingerprint density at radius 2 is 1.70 bits per heavy atom. The van der Waals surface area contributed by atoms with Gasteiger partial charge in [0.15, 0.2) is 11.6 Å². The van der Waals surface area contributed by atoms with Crippen LogP contribution < -0.4 is 10.6 Å². The average molecular weight is 608 g/mol. The summed E-state index contributed by atoms with van der Waals surface area (Å²) in [6, 6.07) is 9.81. The number of rotatable bonds is 7. The summed E-state index contributed by atoms with van der Waals surface area (Å²) in [5, 5.41) is 5.05. The van der Waals surface area contributed by atoms with Crippen LogP contribution in [0.2, 0.25) is 0 Å². The second-order valence-corrected chi connectivity index (χ2v) is 11.1. The summed E-state index contributed by atoms with van der Waals surface area (Å²) in [6.07, 6.45) is -1.67. The lowest BCUT2D eigenvalue weighted by Crippen LogP contribution is -2.45. The lowest BCUT2D eigenvalue weighted by atomic mass is 10.0. The van der Waals surface area contributed by atoms with Gasteiger partial charge in [-0.25, -0.2) is 9.37 Å². The van der Waals surface area contributed by atoms with Gasteiger partial charge >= 0.3 is 6.18 Å². The van der Waals surface area contributed by atoms with E-state index in [2.05, 4.69) is 39.3 Å². The van der Waals surface area contributed by atoms with Crippen LogP contribution in [-0.4, -0.2) is 59.3 Å². The first kappa shape index (κ1) is 31.2. The van der Waals surface area contributed by atoms with E-state index in [-0.39, 0.29) is 46.6 Å². The Bertz CT molecular complexity index is 1620. The van der Waals surface area contributed by atoms with E-state index in [0.29, 0.717) is 18.7 Å². The number of nitrogens with zero attached hydrogens (tertiary/aromatic N) is 3. The summed E-state index contributed by atoms with van der Waals surface area (Å²) in [5.41, 5.74) is 1.13. The first-order valence-electron chi connectivity index (χ1n) is 14.6. The Balaban J connectivity index is 1.28. The number of likely N-dealkylation sites (N-methyl/N-ethyl adjacent to an activating group) is 1. The average Bonchev–Trinajstić information content (AvgIpc) is 3.84. The maximum Gasteiger partial charge on any atom is 0.416 e. The van der Waals surface area contributed by atoms with Gasteiger partial charge in [0.2, 0.25) is 5.91 Å². The number of aromatic nitrogens is 1. The molecule has 0 bridgehead atoms. The van der Waals surface area contributed by atoms with E-state index in [1.807, 2.05) is 4.90 Å². The lowest BCUT2D eigenvalue weighted by Gasteiger charge is -2.34. The molecule has 3 aromatic rings. The van der Waals surface area contributed by atoms with Crippen molar-refractivity contribution < 1.29 is 27.2 Å². The fourth-order valence-electron chi connectivity index (χ4n) is 4.96. The molecule has 230 valence electrons. The highest BCUT2D eigenvalue weighted by molar-refractivity contribution is 6.04. The van der Waals surface area contributed by atoms with Gasteiger partial charge < -0.3 is 15.5 Å². The largest absolute Gasteiger partial charge is 0.416 e. The molecule has 2 heterocycles. The van der Waals surface area contributed by atoms with E-state index >= 15 is 0 Å². The van der Waals surface area contributed by atoms with Gasteiger partial charge in [0.25, 0.3) is 5.91 Å². The van der Waals surface area contributed by atoms with Crippen LogP contribution in [0.1, 0.15) is 57.9 Å². The summed E-state index contributed by atoms with van der Waals surface area (Å²) < 4.78 is 56.5. The number of hydrogen-bond acceptors (Lipinski definition) is 5. The molecule has 2 N–H and O–H groups in total. The molecule has 0 radical (unpaired) electrons. The molecule has 1 aliphatic heterocycles. The van der Waals surface area contributed by atoms with E-state index < -0.39 is 23.5 Å². The van der Waals surface area contributed by atoms with Crippen LogP contribution in [0, 0.1) is 30.5 Å². The van der Waals surface area contributed by atoms with Crippen molar-refractivity contribution in [3.05, 3.63) is 87.9 Å². The third-order valence-electron chi connectivity index (χ3n) is 7.85. The van der Waals surface area contributed by atoms with Gasteiger partial charge in [-0.2, -0.15) is 13.2 Å². The Kier molecular flexibility index (Phi) is 9.32. The number of alkyl halides is 3. The number of aryl methyl sites for hydroxylation is 1. The van der Waals surface area contributed by atoms with Gasteiger partial charge in [-0.1, -0.05) is 30.9 Å². The fourth-order valence-corrected chi connectivity index (χ4v) is 4.96. The topological polar surface area (TPSA) is 77.6 Å². The van der Waals surface area contributed by atoms with E-state index in [0.717, 1.165) is 44.1 Å². The molecule has 1 aliphatic carbocycles. The Morgan fingerprint density at radius 1 is 0.977 bits per heavy atom. The molecule has 2 fully saturated rings. The number of piperazine rings is 1. The first-order chi connectivity index (χ1) is 21.0. The van der Waals surface area contributed by atoms with Crippen molar-refractivity contribution in [2.45, 2.75) is 39.4 Å². The third kappa shape index (κ3) is 7.81. The molecular weight excluding hydrogens is 574 g/mol. The molecule has 2 amide bonds. The summed E-state index contributed by atoms with van der Waals surface area (Å²) in [4.78, 5) is 33.2. The Morgan fingerprint density at radius 3 is 2.36 bits per heavy atom. The normalized spacial score (nSPS) is 15.8. The van der Waals surface area contributed by atoms with Crippen molar-refractivity contribution in [1.29, 1.82) is 0 Å². The van der Waals surface area contributed by atoms with E-state index in [4.69, 9.17) is 0 Å². The minimum absolute atomic E-state index is 0.0329. The van der Waals surface area contributed by atoms with Gasteiger partial charge in [-0.3, -0.25) is 14.5 Å². The summed E-state index contributed by atoms with van der Waals surface area (Å²) in [7, 11) is 0. The van der Waals surface area contributed by atoms with Crippen LogP contribution in [0.5, 0.6) is 0 Å². The molecule has 2 aliphatic rings. The highest BCUT2D eigenvalue weighted by atomic mass is 19.4. The second-order valence-electron chi connectivity index (χ2n) is 11.1. The van der Waals surface area contributed by atoms with Crippen molar-refractivity contribution in [3.8, 4) is 11.8 Å². The lowest BCUT2D eigenvalue weighted by molar-refractivity contribution is -0.138. The number of amides is 2. The standard InChI is InChI=1S/C33H33F4N5O2/c1-3-41-12-14-42(15-13-41)20-26-10-11-27(18-28(26)33(35,36)37)39-32(44)25-6-4-21(2)24(17-25)7-5-22-16-29(34)30(38-19-22)40-31(43)23-8-9-23/h4,6,10-11,16-19,23H,3,8-9,12-15,20H2,1-2H3,(H,39,44)(H,38,40,43). The zero-order valence-corrected chi connectivity index (χ0v) is 24.5. The molecule has 11 heteroatoms. The van der Waals surface area contributed by atoms with Crippen molar-refractivity contribution >= 4 is 23.3 Å². The zero-order valence-electron chi connectivity index (χ0n) is 24.5. The number of pyridine rings is 1. The third-order valence-corrected chi connectivity index (χ3v) is 7.85. The molecule has 0 atom stereocenters. The molecule has 1 saturated heterocycles. The predicted molar refractivity (Wildman–Crippen MR) is 159 cm³/mol. The molecule has 1 saturated carbocycles. The molecule has 44 heavy (non-hydrogen) atoms. The summed E-state index contributed by atoms with van der Waals surface area (Å²) in [6.45, 7) is 7.96. The van der Waals surface area contributed by atoms with Crippen LogP contribution in [0.4, 0.5) is 29.1 Å². The summed E-state index contributed by atoms with van der Waals surface area (Å²) in [5.74, 6) is 3.92. The van der Waals surface area contributed by atoms with Crippen LogP contribution in [0.25, 0.3) is 0 Å². The van der Waals surface area contributed by atoms with Gasteiger partial charge in [0.05, 0.1) is 5.56 Å². The molecule has 7 nitrogen and oxygen atoms in total. The second kappa shape index (κ2) is 13.2. The van der Waals surface area contributed by atoms with E-state index in [1.165, 1.54) is 30.5 Å². The van der Waals surface area contributed by atoms with Crippen molar-refractivity contribution in [2.75, 3.05) is 43.4 Å². The monoisotopic (exact) mass is 607 g/mol. The van der Waals surface area contributed by atoms with Crippen LogP contribution >= 0.6 is 0 Å². The maximum atomic E-state index is 14.5. The predicted octanol–water partition coefficient (Wildman–Crippen LogP) is 5.69. The Labute approximate surface area is 253 Å². The number of halogens is 4. The number of nitrogens with one attached hydrogen (secondary N) is 2. The first-order valence-corrected chi connectivity index (χ1v) is 14.6. The number of carbonyl (C=O) groups is 2. The van der Waals surface area contributed by atoms with Gasteiger partial charge in [0, 0.05) is 67.2 Å². The molecule has 0 unspecified atom stereocenters. The van der Waals surface area contributed by atoms with Crippen molar-refractivity contribution in [2.24, 2.45) is 5.92 Å². The van der Waals surface area contributed by atoms with Gasteiger partial charge in [-0.05, 0) is 67.8 Å². The van der Waals surface area contributed by atoms with Gasteiger partial charge in [-0.15, -0.1) is 0 Å².